The smallest absolute Gasteiger partial charge is 0.239 e. The van der Waals surface area contributed by atoms with E-state index in [9.17, 15) is 9.59 Å². The lowest BCUT2D eigenvalue weighted by atomic mass is 10.1. The van der Waals surface area contributed by atoms with Gasteiger partial charge in [0, 0.05) is 18.2 Å². The van der Waals surface area contributed by atoms with Gasteiger partial charge in [0.25, 0.3) is 0 Å². The van der Waals surface area contributed by atoms with Crippen LogP contribution in [0, 0.1) is 5.92 Å². The maximum Gasteiger partial charge on any atom is 0.239 e. The third-order valence-corrected chi connectivity index (χ3v) is 3.96. The van der Waals surface area contributed by atoms with Gasteiger partial charge in [-0.3, -0.25) is 9.59 Å². The molecule has 0 aliphatic heterocycles. The fraction of sp³-hybridized carbons (Fsp3) is 0.529. The van der Waals surface area contributed by atoms with Crippen LogP contribution < -0.4 is 16.4 Å². The summed E-state index contributed by atoms with van der Waals surface area (Å²) in [6.45, 7) is 3.73. The van der Waals surface area contributed by atoms with Crippen molar-refractivity contribution in [3.63, 3.8) is 0 Å². The van der Waals surface area contributed by atoms with Crippen molar-refractivity contribution in [3.05, 3.63) is 29.8 Å². The number of carbonyl (C=O) groups is 2. The molecule has 2 rings (SSSR count). The Kier molecular flexibility index (Phi) is 5.19. The molecular weight excluding hydrogens is 278 g/mol. The Hall–Kier alpha value is -1.88. The van der Waals surface area contributed by atoms with E-state index in [4.69, 9.17) is 5.73 Å². The Bertz CT molecular complexity index is 543. The molecule has 1 aliphatic rings. The Labute approximate surface area is 131 Å². The van der Waals surface area contributed by atoms with Gasteiger partial charge >= 0.3 is 0 Å². The second-order valence-corrected chi connectivity index (χ2v) is 6.58. The molecule has 0 atom stereocenters. The van der Waals surface area contributed by atoms with Crippen LogP contribution in [0.3, 0.4) is 0 Å². The fourth-order valence-electron chi connectivity index (χ4n) is 2.60. The minimum atomic E-state index is -0.895. The average Bonchev–Trinajstić information content (AvgIpc) is 2.98. The summed E-state index contributed by atoms with van der Waals surface area (Å²) in [5.41, 5.74) is 6.55. The van der Waals surface area contributed by atoms with Gasteiger partial charge in [-0.2, -0.15) is 0 Å². The molecule has 0 aromatic heterocycles. The lowest BCUT2D eigenvalue weighted by Crippen LogP contribution is -2.48. The zero-order valence-corrected chi connectivity index (χ0v) is 13.3. The zero-order valence-electron chi connectivity index (χ0n) is 13.3. The molecule has 0 unspecified atom stereocenters. The monoisotopic (exact) mass is 303 g/mol. The summed E-state index contributed by atoms with van der Waals surface area (Å²) in [7, 11) is 0. The first kappa shape index (κ1) is 16.5. The summed E-state index contributed by atoms with van der Waals surface area (Å²) in [6.07, 6.45) is 4.23. The predicted molar refractivity (Wildman–Crippen MR) is 87.1 cm³/mol. The largest absolute Gasteiger partial charge is 0.350 e. The van der Waals surface area contributed by atoms with Gasteiger partial charge in [0.15, 0.2) is 0 Å². The minimum Gasteiger partial charge on any atom is -0.350 e. The van der Waals surface area contributed by atoms with E-state index >= 15 is 0 Å². The van der Waals surface area contributed by atoms with E-state index in [0.717, 1.165) is 36.9 Å². The number of benzene rings is 1. The number of rotatable bonds is 5. The summed E-state index contributed by atoms with van der Waals surface area (Å²) in [6, 6.07) is 7.54. The molecule has 1 saturated carbocycles. The van der Waals surface area contributed by atoms with Crippen molar-refractivity contribution in [2.75, 3.05) is 5.32 Å². The molecule has 22 heavy (non-hydrogen) atoms. The first-order valence-corrected chi connectivity index (χ1v) is 7.83. The van der Waals surface area contributed by atoms with Crippen molar-refractivity contribution in [1.82, 2.24) is 5.32 Å². The summed E-state index contributed by atoms with van der Waals surface area (Å²) < 4.78 is 0. The quantitative estimate of drug-likeness (QED) is 0.779. The molecule has 0 saturated heterocycles. The zero-order chi connectivity index (χ0) is 16.2. The molecule has 0 radical (unpaired) electrons. The number of hydrogen-bond donors (Lipinski definition) is 3. The van der Waals surface area contributed by atoms with Gasteiger partial charge in [-0.1, -0.05) is 25.0 Å². The summed E-state index contributed by atoms with van der Waals surface area (Å²) >= 11 is 0. The van der Waals surface area contributed by atoms with E-state index in [1.54, 1.807) is 13.8 Å². The molecule has 0 heterocycles. The highest BCUT2D eigenvalue weighted by Crippen LogP contribution is 2.26. The van der Waals surface area contributed by atoms with Gasteiger partial charge in [0.1, 0.15) is 0 Å². The second-order valence-electron chi connectivity index (χ2n) is 6.58. The van der Waals surface area contributed by atoms with Gasteiger partial charge in [0.05, 0.1) is 5.54 Å². The van der Waals surface area contributed by atoms with Crippen molar-refractivity contribution in [2.24, 2.45) is 11.7 Å². The van der Waals surface area contributed by atoms with Crippen LogP contribution in [0.25, 0.3) is 0 Å². The third-order valence-electron chi connectivity index (χ3n) is 3.96. The van der Waals surface area contributed by atoms with Crippen LogP contribution in [0.4, 0.5) is 5.69 Å². The molecule has 2 amide bonds. The molecule has 1 aliphatic carbocycles. The topological polar surface area (TPSA) is 84.2 Å². The number of nitrogens with one attached hydrogen (secondary N) is 2. The van der Waals surface area contributed by atoms with E-state index in [-0.39, 0.29) is 17.7 Å². The SMILES string of the molecule is CC(C)(N)C(=O)NCc1cccc(NC(=O)C2CCCC2)c1. The van der Waals surface area contributed by atoms with Crippen molar-refractivity contribution in [1.29, 1.82) is 0 Å². The van der Waals surface area contributed by atoms with Gasteiger partial charge in [-0.05, 0) is 44.4 Å². The van der Waals surface area contributed by atoms with Crippen LogP contribution >= 0.6 is 0 Å². The number of anilines is 1. The maximum atomic E-state index is 12.1. The fourth-order valence-corrected chi connectivity index (χ4v) is 2.60. The summed E-state index contributed by atoms with van der Waals surface area (Å²) in [5, 5.41) is 5.76. The molecule has 0 bridgehead atoms. The molecule has 5 nitrogen and oxygen atoms in total. The summed E-state index contributed by atoms with van der Waals surface area (Å²) in [5.74, 6) is 0.0380. The van der Waals surface area contributed by atoms with E-state index in [1.807, 2.05) is 24.3 Å². The standard InChI is InChI=1S/C17H25N3O2/c1-17(2,18)16(22)19-11-12-6-5-9-14(10-12)20-15(21)13-7-3-4-8-13/h5-6,9-10,13H,3-4,7-8,11,18H2,1-2H3,(H,19,22)(H,20,21). The van der Waals surface area contributed by atoms with Crippen LogP contribution in [0.5, 0.6) is 0 Å². The van der Waals surface area contributed by atoms with Gasteiger partial charge in [0.2, 0.25) is 11.8 Å². The van der Waals surface area contributed by atoms with Gasteiger partial charge < -0.3 is 16.4 Å². The first-order valence-electron chi connectivity index (χ1n) is 7.83. The summed E-state index contributed by atoms with van der Waals surface area (Å²) in [4.78, 5) is 23.9. The van der Waals surface area contributed by atoms with Crippen LogP contribution in [-0.2, 0) is 16.1 Å². The molecular formula is C17H25N3O2. The van der Waals surface area contributed by atoms with Crippen molar-refractivity contribution in [3.8, 4) is 0 Å². The van der Waals surface area contributed by atoms with Crippen LogP contribution in [0.2, 0.25) is 0 Å². The maximum absolute atomic E-state index is 12.1. The average molecular weight is 303 g/mol. The van der Waals surface area contributed by atoms with E-state index in [1.165, 1.54) is 0 Å². The highest BCUT2D eigenvalue weighted by molar-refractivity contribution is 5.92. The lowest BCUT2D eigenvalue weighted by molar-refractivity contribution is -0.125. The van der Waals surface area contributed by atoms with Crippen molar-refractivity contribution in [2.45, 2.75) is 51.6 Å². The van der Waals surface area contributed by atoms with Gasteiger partial charge in [-0.25, -0.2) is 0 Å². The number of amides is 2. The molecule has 5 heteroatoms. The number of hydrogen-bond acceptors (Lipinski definition) is 3. The Morgan fingerprint density at radius 3 is 2.59 bits per heavy atom. The number of nitrogens with two attached hydrogens (primary N) is 1. The highest BCUT2D eigenvalue weighted by Gasteiger charge is 2.23. The Morgan fingerprint density at radius 2 is 1.95 bits per heavy atom. The third kappa shape index (κ3) is 4.56. The molecule has 1 aromatic rings. The normalized spacial score (nSPS) is 15.6. The van der Waals surface area contributed by atoms with E-state index in [2.05, 4.69) is 10.6 Å². The Balaban J connectivity index is 1.92. The van der Waals surface area contributed by atoms with Crippen LogP contribution in [0.1, 0.15) is 45.1 Å². The predicted octanol–water partition coefficient (Wildman–Crippen LogP) is 2.17. The first-order chi connectivity index (χ1) is 10.4. The van der Waals surface area contributed by atoms with Gasteiger partial charge in [-0.15, -0.1) is 0 Å². The number of carbonyl (C=O) groups excluding carboxylic acids is 2. The van der Waals surface area contributed by atoms with Crippen molar-refractivity contribution < 1.29 is 9.59 Å². The highest BCUT2D eigenvalue weighted by atomic mass is 16.2. The minimum absolute atomic E-state index is 0.0989. The molecule has 120 valence electrons. The molecule has 0 spiro atoms. The Morgan fingerprint density at radius 1 is 1.27 bits per heavy atom. The lowest BCUT2D eigenvalue weighted by Gasteiger charge is -2.18. The van der Waals surface area contributed by atoms with Crippen LogP contribution in [-0.4, -0.2) is 17.4 Å². The van der Waals surface area contributed by atoms with E-state index in [0.29, 0.717) is 6.54 Å². The van der Waals surface area contributed by atoms with Crippen LogP contribution in [0.15, 0.2) is 24.3 Å². The molecule has 4 N–H and O–H groups in total. The van der Waals surface area contributed by atoms with E-state index < -0.39 is 5.54 Å². The second kappa shape index (κ2) is 6.92. The van der Waals surface area contributed by atoms with Crippen molar-refractivity contribution >= 4 is 17.5 Å². The molecule has 1 aromatic carbocycles. The molecule has 1 fully saturated rings.